The summed E-state index contributed by atoms with van der Waals surface area (Å²) in [5.74, 6) is 0. The number of rotatable bonds is 0. The number of nitrogens with zero attached hydrogens (tertiary/aromatic N) is 1. The van der Waals surface area contributed by atoms with Crippen molar-refractivity contribution in [2.24, 2.45) is 0 Å². The molecular formula is C6H9N. The van der Waals surface area contributed by atoms with Crippen LogP contribution in [0.15, 0.2) is 0 Å². The molecule has 1 spiro atoms. The van der Waals surface area contributed by atoms with E-state index in [4.69, 9.17) is 0 Å². The maximum Gasteiger partial charge on any atom is 0.0414 e. The summed E-state index contributed by atoms with van der Waals surface area (Å²) in [5, 5.41) is 0. The molecule has 3 fully saturated rings. The van der Waals surface area contributed by atoms with Crippen molar-refractivity contribution >= 4 is 0 Å². The van der Waals surface area contributed by atoms with Crippen molar-refractivity contribution in [2.45, 2.75) is 30.8 Å². The van der Waals surface area contributed by atoms with E-state index in [1.54, 1.807) is 0 Å². The maximum absolute atomic E-state index is 2.62. The topological polar surface area (TPSA) is 3.01 Å². The van der Waals surface area contributed by atoms with Crippen molar-refractivity contribution < 1.29 is 0 Å². The van der Waals surface area contributed by atoms with Crippen LogP contribution in [-0.2, 0) is 0 Å². The Morgan fingerprint density at radius 2 is 2.14 bits per heavy atom. The molecular weight excluding hydrogens is 86.1 g/mol. The molecule has 3 rings (SSSR count). The average molecular weight is 95.1 g/mol. The van der Waals surface area contributed by atoms with E-state index in [1.165, 1.54) is 25.8 Å². The Morgan fingerprint density at radius 3 is 2.14 bits per heavy atom. The highest BCUT2D eigenvalue weighted by molar-refractivity contribution is 5.33. The Balaban J connectivity index is 1.95. The zero-order valence-electron chi connectivity index (χ0n) is 4.35. The van der Waals surface area contributed by atoms with Gasteiger partial charge in [0, 0.05) is 18.1 Å². The first-order chi connectivity index (χ1) is 3.43. The lowest BCUT2D eigenvalue weighted by atomic mass is 9.79. The van der Waals surface area contributed by atoms with E-state index in [9.17, 15) is 0 Å². The molecule has 0 N–H and O–H groups in total. The van der Waals surface area contributed by atoms with Gasteiger partial charge in [0.05, 0.1) is 0 Å². The molecule has 7 heavy (non-hydrogen) atoms. The van der Waals surface area contributed by atoms with Crippen LogP contribution >= 0.6 is 0 Å². The van der Waals surface area contributed by atoms with Gasteiger partial charge >= 0.3 is 0 Å². The Labute approximate surface area is 43.3 Å². The third-order valence-electron chi connectivity index (χ3n) is 2.96. The Morgan fingerprint density at radius 1 is 1.43 bits per heavy atom. The van der Waals surface area contributed by atoms with Crippen molar-refractivity contribution in [2.75, 3.05) is 6.54 Å². The predicted octanol–water partition coefficient (Wildman–Crippen LogP) is 0.607. The second kappa shape index (κ2) is 0.576. The van der Waals surface area contributed by atoms with Gasteiger partial charge in [-0.3, -0.25) is 4.90 Å². The van der Waals surface area contributed by atoms with E-state index in [-0.39, 0.29) is 0 Å². The van der Waals surface area contributed by atoms with Gasteiger partial charge in [-0.15, -0.1) is 0 Å². The van der Waals surface area contributed by atoms with Crippen LogP contribution in [0.1, 0.15) is 19.3 Å². The van der Waals surface area contributed by atoms with Crippen molar-refractivity contribution in [3.05, 3.63) is 0 Å². The van der Waals surface area contributed by atoms with E-state index in [0.717, 1.165) is 11.6 Å². The number of hydrogen-bond donors (Lipinski definition) is 0. The molecule has 1 saturated carbocycles. The van der Waals surface area contributed by atoms with E-state index in [0.29, 0.717) is 0 Å². The summed E-state index contributed by atoms with van der Waals surface area (Å²) < 4.78 is 0. The molecule has 2 atom stereocenters. The molecule has 1 nitrogen and oxygen atoms in total. The van der Waals surface area contributed by atoms with Crippen molar-refractivity contribution in [3.8, 4) is 0 Å². The lowest BCUT2D eigenvalue weighted by Crippen LogP contribution is -2.34. The van der Waals surface area contributed by atoms with Gasteiger partial charge in [0.1, 0.15) is 0 Å². The van der Waals surface area contributed by atoms with Gasteiger partial charge in [-0.05, 0) is 19.3 Å². The van der Waals surface area contributed by atoms with Gasteiger partial charge in [0.25, 0.3) is 0 Å². The van der Waals surface area contributed by atoms with Crippen molar-refractivity contribution in [3.63, 3.8) is 0 Å². The van der Waals surface area contributed by atoms with Gasteiger partial charge in [-0.1, -0.05) is 0 Å². The van der Waals surface area contributed by atoms with E-state index >= 15 is 0 Å². The lowest BCUT2D eigenvalue weighted by molar-refractivity contribution is 0.263. The number of hydrogen-bond acceptors (Lipinski definition) is 1. The molecule has 0 bridgehead atoms. The van der Waals surface area contributed by atoms with Gasteiger partial charge in [-0.25, -0.2) is 0 Å². The zero-order chi connectivity index (χ0) is 4.48. The van der Waals surface area contributed by atoms with E-state index in [1.807, 2.05) is 0 Å². The zero-order valence-corrected chi connectivity index (χ0v) is 4.35. The molecule has 2 saturated heterocycles. The molecule has 0 aromatic heterocycles. The minimum absolute atomic E-state index is 0.861. The Kier molecular flexibility index (Phi) is 0.253. The van der Waals surface area contributed by atoms with Crippen LogP contribution in [0.4, 0.5) is 0 Å². The highest BCUT2D eigenvalue weighted by atomic mass is 15.6. The summed E-state index contributed by atoms with van der Waals surface area (Å²) in [5.41, 5.74) is 0.861. The molecule has 0 radical (unpaired) electrons. The molecule has 2 aliphatic heterocycles. The van der Waals surface area contributed by atoms with Crippen LogP contribution in [0.5, 0.6) is 0 Å². The van der Waals surface area contributed by atoms with Crippen LogP contribution < -0.4 is 0 Å². The highest BCUT2D eigenvalue weighted by Crippen LogP contribution is 2.64. The third-order valence-corrected chi connectivity index (χ3v) is 2.96. The fourth-order valence-electron chi connectivity index (χ4n) is 2.05. The molecule has 38 valence electrons. The standard InChI is InChI=1S/C6H9N/c1-2-6(3-1)5-4-7(5)6/h5H,1-4H2. The largest absolute Gasteiger partial charge is 0.288 e. The van der Waals surface area contributed by atoms with Gasteiger partial charge in [0.2, 0.25) is 0 Å². The summed E-state index contributed by atoms with van der Waals surface area (Å²) in [4.78, 5) is 2.62. The summed E-state index contributed by atoms with van der Waals surface area (Å²) in [7, 11) is 0. The Hall–Kier alpha value is -0.0400. The van der Waals surface area contributed by atoms with Crippen LogP contribution in [0.3, 0.4) is 0 Å². The summed E-state index contributed by atoms with van der Waals surface area (Å²) in [6.45, 7) is 1.44. The van der Waals surface area contributed by atoms with Crippen molar-refractivity contribution in [1.29, 1.82) is 0 Å². The van der Waals surface area contributed by atoms with Gasteiger partial charge in [0.15, 0.2) is 0 Å². The van der Waals surface area contributed by atoms with E-state index in [2.05, 4.69) is 4.90 Å². The normalized spacial score (nSPS) is 58.3. The van der Waals surface area contributed by atoms with Gasteiger partial charge < -0.3 is 0 Å². The highest BCUT2D eigenvalue weighted by Gasteiger charge is 2.76. The van der Waals surface area contributed by atoms with Crippen LogP contribution in [0.25, 0.3) is 0 Å². The maximum atomic E-state index is 2.62. The fraction of sp³-hybridized carbons (Fsp3) is 1.00. The molecule has 2 heterocycles. The minimum atomic E-state index is 0.861. The second-order valence-electron chi connectivity index (χ2n) is 3.13. The second-order valence-corrected chi connectivity index (χ2v) is 3.13. The van der Waals surface area contributed by atoms with Crippen LogP contribution in [0.2, 0.25) is 0 Å². The van der Waals surface area contributed by atoms with Crippen LogP contribution in [-0.4, -0.2) is 23.0 Å². The first-order valence-electron chi connectivity index (χ1n) is 3.20. The lowest BCUT2D eigenvalue weighted by Gasteiger charge is -2.29. The molecule has 2 unspecified atom stereocenters. The average Bonchev–Trinajstić information content (AvgIpc) is 1.97. The molecule has 1 heteroatoms. The smallest absolute Gasteiger partial charge is 0.0414 e. The van der Waals surface area contributed by atoms with E-state index < -0.39 is 0 Å². The summed E-state index contributed by atoms with van der Waals surface area (Å²) in [6, 6.07) is 1.10. The fourth-order valence-corrected chi connectivity index (χ4v) is 2.05. The van der Waals surface area contributed by atoms with Crippen molar-refractivity contribution in [1.82, 2.24) is 4.90 Å². The molecule has 1 aliphatic carbocycles. The molecule has 3 aliphatic rings. The summed E-state index contributed by atoms with van der Waals surface area (Å²) in [6.07, 6.45) is 4.56. The third kappa shape index (κ3) is 0.163. The first kappa shape index (κ1) is 3.08. The minimum Gasteiger partial charge on any atom is -0.288 e. The quantitative estimate of drug-likeness (QED) is 0.398. The van der Waals surface area contributed by atoms with Gasteiger partial charge in [-0.2, -0.15) is 0 Å². The number of fused-ring (bicyclic) bond motifs is 3. The molecule has 0 aromatic rings. The predicted molar refractivity (Wildman–Crippen MR) is 27.1 cm³/mol. The SMILES string of the molecule is C1CC2(C1)C1CN12. The van der Waals surface area contributed by atoms with Crippen LogP contribution in [0, 0.1) is 0 Å². The first-order valence-corrected chi connectivity index (χ1v) is 3.20. The monoisotopic (exact) mass is 95.1 g/mol. The molecule has 0 amide bonds. The molecule has 0 aromatic carbocycles. The Bertz CT molecular complexity index is 116. The summed E-state index contributed by atoms with van der Waals surface area (Å²) >= 11 is 0.